The van der Waals surface area contributed by atoms with Gasteiger partial charge in [-0.05, 0) is 13.0 Å². The molecule has 14 heavy (non-hydrogen) atoms. The summed E-state index contributed by atoms with van der Waals surface area (Å²) < 4.78 is 9.63. The second-order valence-electron chi connectivity index (χ2n) is 2.51. The quantitative estimate of drug-likeness (QED) is 0.725. The van der Waals surface area contributed by atoms with Crippen molar-refractivity contribution in [3.8, 4) is 5.88 Å². The van der Waals surface area contributed by atoms with E-state index in [2.05, 4.69) is 9.72 Å². The lowest BCUT2D eigenvalue weighted by Gasteiger charge is -2.05. The van der Waals surface area contributed by atoms with Crippen molar-refractivity contribution in [1.29, 1.82) is 0 Å². The van der Waals surface area contributed by atoms with Crippen molar-refractivity contribution in [3.63, 3.8) is 0 Å². The van der Waals surface area contributed by atoms with E-state index in [-0.39, 0.29) is 11.4 Å². The SMILES string of the molecule is CCOc1ccc(N)c(C(=O)OC)n1. The van der Waals surface area contributed by atoms with E-state index in [1.165, 1.54) is 7.11 Å². The van der Waals surface area contributed by atoms with Gasteiger partial charge in [0.25, 0.3) is 0 Å². The van der Waals surface area contributed by atoms with Crippen LogP contribution in [0.4, 0.5) is 5.69 Å². The lowest BCUT2D eigenvalue weighted by molar-refractivity contribution is 0.0594. The Balaban J connectivity index is 3.01. The maximum atomic E-state index is 11.2. The van der Waals surface area contributed by atoms with Gasteiger partial charge < -0.3 is 15.2 Å². The minimum Gasteiger partial charge on any atom is -0.478 e. The summed E-state index contributed by atoms with van der Waals surface area (Å²) in [7, 11) is 1.27. The third-order valence-electron chi connectivity index (χ3n) is 1.57. The summed E-state index contributed by atoms with van der Waals surface area (Å²) in [5.41, 5.74) is 5.90. The number of anilines is 1. The van der Waals surface area contributed by atoms with Gasteiger partial charge in [-0.2, -0.15) is 0 Å². The maximum absolute atomic E-state index is 11.2. The van der Waals surface area contributed by atoms with Gasteiger partial charge in [-0.15, -0.1) is 0 Å². The number of nitrogen functional groups attached to an aromatic ring is 1. The summed E-state index contributed by atoms with van der Waals surface area (Å²) in [4.78, 5) is 15.1. The highest BCUT2D eigenvalue weighted by atomic mass is 16.5. The second kappa shape index (κ2) is 4.45. The second-order valence-corrected chi connectivity index (χ2v) is 2.51. The standard InChI is InChI=1S/C9H12N2O3/c1-3-14-7-5-4-6(10)8(11-7)9(12)13-2/h4-5H,3,10H2,1-2H3. The number of carbonyl (C=O) groups is 1. The molecule has 0 atom stereocenters. The molecule has 0 aliphatic heterocycles. The van der Waals surface area contributed by atoms with E-state index in [4.69, 9.17) is 10.5 Å². The number of esters is 1. The van der Waals surface area contributed by atoms with Crippen molar-refractivity contribution in [2.45, 2.75) is 6.92 Å². The fourth-order valence-electron chi connectivity index (χ4n) is 0.940. The van der Waals surface area contributed by atoms with E-state index >= 15 is 0 Å². The molecule has 0 aliphatic rings. The summed E-state index contributed by atoms with van der Waals surface area (Å²) in [6.07, 6.45) is 0. The first-order chi connectivity index (χ1) is 6.69. The predicted molar refractivity (Wildman–Crippen MR) is 51.2 cm³/mol. The lowest BCUT2D eigenvalue weighted by Crippen LogP contribution is -2.09. The predicted octanol–water partition coefficient (Wildman–Crippen LogP) is 0.849. The molecule has 0 spiro atoms. The van der Waals surface area contributed by atoms with Gasteiger partial charge in [-0.25, -0.2) is 9.78 Å². The first-order valence-corrected chi connectivity index (χ1v) is 4.16. The highest BCUT2D eigenvalue weighted by Gasteiger charge is 2.12. The Kier molecular flexibility index (Phi) is 3.28. The third-order valence-corrected chi connectivity index (χ3v) is 1.57. The summed E-state index contributed by atoms with van der Waals surface area (Å²) >= 11 is 0. The Morgan fingerprint density at radius 2 is 2.29 bits per heavy atom. The fourth-order valence-corrected chi connectivity index (χ4v) is 0.940. The smallest absolute Gasteiger partial charge is 0.358 e. The molecule has 0 aliphatic carbocycles. The van der Waals surface area contributed by atoms with Gasteiger partial charge in [0.1, 0.15) is 0 Å². The number of ether oxygens (including phenoxy) is 2. The van der Waals surface area contributed by atoms with E-state index in [9.17, 15) is 4.79 Å². The van der Waals surface area contributed by atoms with E-state index in [1.807, 2.05) is 6.92 Å². The molecule has 5 nitrogen and oxygen atoms in total. The summed E-state index contributed by atoms with van der Waals surface area (Å²) in [5.74, 6) is -0.203. The molecule has 0 saturated heterocycles. The molecule has 76 valence electrons. The number of carbonyl (C=O) groups excluding carboxylic acids is 1. The molecule has 2 N–H and O–H groups in total. The van der Waals surface area contributed by atoms with Gasteiger partial charge in [-0.3, -0.25) is 0 Å². The zero-order valence-corrected chi connectivity index (χ0v) is 8.11. The molecule has 5 heteroatoms. The number of nitrogens with zero attached hydrogens (tertiary/aromatic N) is 1. The number of pyridine rings is 1. The average Bonchev–Trinajstić information content (AvgIpc) is 2.20. The number of methoxy groups -OCH3 is 1. The van der Waals surface area contributed by atoms with E-state index in [1.54, 1.807) is 12.1 Å². The number of aromatic nitrogens is 1. The zero-order valence-electron chi connectivity index (χ0n) is 8.11. The molecule has 0 unspecified atom stereocenters. The van der Waals surface area contributed by atoms with Crippen LogP contribution in [0.25, 0.3) is 0 Å². The van der Waals surface area contributed by atoms with E-state index in [0.29, 0.717) is 12.5 Å². The van der Waals surface area contributed by atoms with Crippen molar-refractivity contribution < 1.29 is 14.3 Å². The zero-order chi connectivity index (χ0) is 10.6. The first-order valence-electron chi connectivity index (χ1n) is 4.16. The van der Waals surface area contributed by atoms with E-state index < -0.39 is 5.97 Å². The van der Waals surface area contributed by atoms with Crippen LogP contribution in [0.2, 0.25) is 0 Å². The fraction of sp³-hybridized carbons (Fsp3) is 0.333. The molecule has 0 saturated carbocycles. The largest absolute Gasteiger partial charge is 0.478 e. The Morgan fingerprint density at radius 3 is 2.86 bits per heavy atom. The number of hydrogen-bond donors (Lipinski definition) is 1. The van der Waals surface area contributed by atoms with Crippen LogP contribution < -0.4 is 10.5 Å². The lowest BCUT2D eigenvalue weighted by atomic mass is 10.3. The van der Waals surface area contributed by atoms with Crippen LogP contribution in [0, 0.1) is 0 Å². The van der Waals surface area contributed by atoms with Crippen molar-refractivity contribution in [1.82, 2.24) is 4.98 Å². The van der Waals surface area contributed by atoms with Crippen LogP contribution >= 0.6 is 0 Å². The summed E-state index contributed by atoms with van der Waals surface area (Å²) in [6, 6.07) is 3.16. The number of nitrogens with two attached hydrogens (primary N) is 1. The van der Waals surface area contributed by atoms with Gasteiger partial charge in [0.2, 0.25) is 5.88 Å². The molecule has 0 radical (unpaired) electrons. The van der Waals surface area contributed by atoms with Crippen LogP contribution in [0.15, 0.2) is 12.1 Å². The molecule has 1 aromatic rings. The van der Waals surface area contributed by atoms with Crippen LogP contribution in [0.1, 0.15) is 17.4 Å². The average molecular weight is 196 g/mol. The minimum absolute atomic E-state index is 0.0819. The molecular weight excluding hydrogens is 184 g/mol. The van der Waals surface area contributed by atoms with Crippen molar-refractivity contribution in [3.05, 3.63) is 17.8 Å². The van der Waals surface area contributed by atoms with Gasteiger partial charge in [0.15, 0.2) is 5.69 Å². The highest BCUT2D eigenvalue weighted by molar-refractivity contribution is 5.92. The third kappa shape index (κ3) is 2.12. The van der Waals surface area contributed by atoms with Gasteiger partial charge in [0.05, 0.1) is 19.4 Å². The molecule has 0 amide bonds. The minimum atomic E-state index is -0.566. The Hall–Kier alpha value is -1.78. The number of hydrogen-bond acceptors (Lipinski definition) is 5. The van der Waals surface area contributed by atoms with Gasteiger partial charge >= 0.3 is 5.97 Å². The molecule has 0 bridgehead atoms. The molecule has 1 aromatic heterocycles. The molecule has 0 fully saturated rings. The van der Waals surface area contributed by atoms with Crippen LogP contribution in [0.3, 0.4) is 0 Å². The van der Waals surface area contributed by atoms with Crippen LogP contribution in [0.5, 0.6) is 5.88 Å². The van der Waals surface area contributed by atoms with E-state index in [0.717, 1.165) is 0 Å². The normalized spacial score (nSPS) is 9.57. The van der Waals surface area contributed by atoms with Gasteiger partial charge in [-0.1, -0.05) is 0 Å². The molecule has 1 heterocycles. The molecule has 0 aromatic carbocycles. The topological polar surface area (TPSA) is 74.4 Å². The van der Waals surface area contributed by atoms with Gasteiger partial charge in [0, 0.05) is 6.07 Å². The van der Waals surface area contributed by atoms with Crippen molar-refractivity contribution in [2.75, 3.05) is 19.5 Å². The Bertz CT molecular complexity index is 339. The number of rotatable bonds is 3. The van der Waals surface area contributed by atoms with Crippen molar-refractivity contribution in [2.24, 2.45) is 0 Å². The summed E-state index contributed by atoms with van der Waals surface area (Å²) in [6.45, 7) is 2.31. The maximum Gasteiger partial charge on any atom is 0.358 e. The Labute approximate surface area is 81.8 Å². The monoisotopic (exact) mass is 196 g/mol. The van der Waals surface area contributed by atoms with Crippen LogP contribution in [-0.2, 0) is 4.74 Å². The summed E-state index contributed by atoms with van der Waals surface area (Å²) in [5, 5.41) is 0. The highest BCUT2D eigenvalue weighted by Crippen LogP contribution is 2.15. The van der Waals surface area contributed by atoms with Crippen LogP contribution in [-0.4, -0.2) is 24.7 Å². The first kappa shape index (κ1) is 10.3. The molecule has 1 rings (SSSR count). The van der Waals surface area contributed by atoms with Crippen molar-refractivity contribution >= 4 is 11.7 Å². The Morgan fingerprint density at radius 1 is 1.57 bits per heavy atom. The molecular formula is C9H12N2O3.